The Hall–Kier alpha value is -2.86. The fraction of sp³-hybridized carbons (Fsp3) is 0.105. The van der Waals surface area contributed by atoms with E-state index in [0.29, 0.717) is 26.7 Å². The second-order valence-corrected chi connectivity index (χ2v) is 7.62. The molecule has 0 aliphatic carbocycles. The number of thioether (sulfide) groups is 1. The third-order valence-electron chi connectivity index (χ3n) is 3.83. The number of pyridine rings is 1. The molecule has 0 atom stereocenters. The van der Waals surface area contributed by atoms with E-state index in [1.165, 1.54) is 6.92 Å². The van der Waals surface area contributed by atoms with Crippen molar-refractivity contribution in [3.63, 3.8) is 0 Å². The van der Waals surface area contributed by atoms with Gasteiger partial charge in [0, 0.05) is 23.7 Å². The van der Waals surface area contributed by atoms with Gasteiger partial charge in [-0.25, -0.2) is 0 Å². The van der Waals surface area contributed by atoms with Gasteiger partial charge in [0.05, 0.1) is 21.5 Å². The van der Waals surface area contributed by atoms with Crippen LogP contribution in [0.5, 0.6) is 0 Å². The lowest BCUT2D eigenvalue weighted by Gasteiger charge is -2.11. The molecule has 0 aliphatic heterocycles. The molecule has 3 aromatic rings. The molecular formula is C19H14Cl2N6OS. The van der Waals surface area contributed by atoms with Gasteiger partial charge in [-0.15, -0.1) is 10.2 Å². The standard InChI is InChI=1S/C19H14Cl2N6OS/c1-11(23)14(8-22)17(28)10-29-19-26-25-18(12-3-2-6-24-9-12)27(19)13-4-5-15(20)16(21)7-13/h2-7,9H,10,23H2,1H3/b14-11+. The molecule has 0 radical (unpaired) electrons. The second kappa shape index (κ2) is 9.09. The zero-order valence-electron chi connectivity index (χ0n) is 15.1. The van der Waals surface area contributed by atoms with Crippen molar-refractivity contribution in [1.82, 2.24) is 19.7 Å². The number of rotatable bonds is 6. The maximum absolute atomic E-state index is 12.3. The minimum atomic E-state index is -0.385. The molecule has 0 spiro atoms. The minimum absolute atomic E-state index is 0.0239. The topological polar surface area (TPSA) is 110 Å². The highest BCUT2D eigenvalue weighted by Crippen LogP contribution is 2.31. The first-order chi connectivity index (χ1) is 13.9. The molecule has 0 unspecified atom stereocenters. The molecule has 2 aromatic heterocycles. The molecule has 0 aliphatic rings. The molecule has 2 N–H and O–H groups in total. The molecule has 0 fully saturated rings. The van der Waals surface area contributed by atoms with Gasteiger partial charge in [0.2, 0.25) is 0 Å². The molecule has 0 amide bonds. The number of carbonyl (C=O) groups excluding carboxylic acids is 1. The first-order valence-corrected chi connectivity index (χ1v) is 10.00. The number of aromatic nitrogens is 4. The molecule has 0 saturated heterocycles. The van der Waals surface area contributed by atoms with Crippen molar-refractivity contribution < 1.29 is 4.79 Å². The number of nitrogens with zero attached hydrogens (tertiary/aromatic N) is 5. The number of ketones is 1. The van der Waals surface area contributed by atoms with E-state index < -0.39 is 0 Å². The smallest absolute Gasteiger partial charge is 0.196 e. The predicted molar refractivity (Wildman–Crippen MR) is 113 cm³/mol. The Morgan fingerprint density at radius 1 is 1.28 bits per heavy atom. The second-order valence-electron chi connectivity index (χ2n) is 5.86. The quantitative estimate of drug-likeness (QED) is 0.346. The van der Waals surface area contributed by atoms with Crippen LogP contribution in [-0.4, -0.2) is 31.3 Å². The average Bonchev–Trinajstić information content (AvgIpc) is 3.13. The summed E-state index contributed by atoms with van der Waals surface area (Å²) in [6.07, 6.45) is 3.31. The van der Waals surface area contributed by atoms with Crippen LogP contribution in [-0.2, 0) is 4.79 Å². The van der Waals surface area contributed by atoms with Gasteiger partial charge in [-0.1, -0.05) is 35.0 Å². The number of nitriles is 1. The van der Waals surface area contributed by atoms with Gasteiger partial charge in [0.25, 0.3) is 0 Å². The molecule has 1 aromatic carbocycles. The van der Waals surface area contributed by atoms with Crippen LogP contribution in [0.25, 0.3) is 17.1 Å². The summed E-state index contributed by atoms with van der Waals surface area (Å²) in [5, 5.41) is 18.8. The molecule has 10 heteroatoms. The molecular weight excluding hydrogens is 431 g/mol. The Kier molecular flexibility index (Phi) is 6.54. The first kappa shape index (κ1) is 20.9. The number of benzene rings is 1. The van der Waals surface area contributed by atoms with Gasteiger partial charge in [0.15, 0.2) is 16.8 Å². The Morgan fingerprint density at radius 2 is 2.07 bits per heavy atom. The van der Waals surface area contributed by atoms with Crippen molar-refractivity contribution in [2.45, 2.75) is 12.1 Å². The number of allylic oxidation sites excluding steroid dienone is 2. The molecule has 0 bridgehead atoms. The van der Waals surface area contributed by atoms with E-state index >= 15 is 0 Å². The summed E-state index contributed by atoms with van der Waals surface area (Å²) < 4.78 is 1.75. The van der Waals surface area contributed by atoms with E-state index in [0.717, 1.165) is 17.3 Å². The van der Waals surface area contributed by atoms with Crippen LogP contribution in [0.2, 0.25) is 10.0 Å². The largest absolute Gasteiger partial charge is 0.401 e. The van der Waals surface area contributed by atoms with E-state index in [1.807, 2.05) is 12.1 Å². The third-order valence-corrected chi connectivity index (χ3v) is 5.50. The highest BCUT2D eigenvalue weighted by Gasteiger charge is 2.19. The summed E-state index contributed by atoms with van der Waals surface area (Å²) in [6.45, 7) is 1.51. The Bertz CT molecular complexity index is 1130. The van der Waals surface area contributed by atoms with Gasteiger partial charge >= 0.3 is 0 Å². The first-order valence-electron chi connectivity index (χ1n) is 8.26. The van der Waals surface area contributed by atoms with Gasteiger partial charge in [0.1, 0.15) is 11.6 Å². The van der Waals surface area contributed by atoms with Crippen LogP contribution in [0.3, 0.4) is 0 Å². The van der Waals surface area contributed by atoms with Gasteiger partial charge < -0.3 is 5.73 Å². The summed E-state index contributed by atoms with van der Waals surface area (Å²) in [4.78, 5) is 16.4. The number of hydrogen-bond donors (Lipinski definition) is 1. The fourth-order valence-corrected chi connectivity index (χ4v) is 3.59. The normalized spacial score (nSPS) is 11.7. The van der Waals surface area contributed by atoms with Gasteiger partial charge in [-0.2, -0.15) is 5.26 Å². The van der Waals surface area contributed by atoms with E-state index in [-0.39, 0.29) is 22.8 Å². The summed E-state index contributed by atoms with van der Waals surface area (Å²) in [5.41, 5.74) is 7.13. The molecule has 29 heavy (non-hydrogen) atoms. The molecule has 7 nitrogen and oxygen atoms in total. The van der Waals surface area contributed by atoms with Crippen molar-refractivity contribution in [3.05, 3.63) is 64.0 Å². The number of halogens is 2. The Balaban J connectivity index is 2.03. The van der Waals surface area contributed by atoms with Crippen molar-refractivity contribution in [1.29, 1.82) is 5.26 Å². The van der Waals surface area contributed by atoms with Crippen molar-refractivity contribution in [2.24, 2.45) is 5.73 Å². The summed E-state index contributed by atoms with van der Waals surface area (Å²) in [7, 11) is 0. The van der Waals surface area contributed by atoms with Crippen LogP contribution in [0.4, 0.5) is 0 Å². The highest BCUT2D eigenvalue weighted by atomic mass is 35.5. The van der Waals surface area contributed by atoms with E-state index in [9.17, 15) is 4.79 Å². The van der Waals surface area contributed by atoms with Crippen molar-refractivity contribution >= 4 is 40.7 Å². The lowest BCUT2D eigenvalue weighted by atomic mass is 10.2. The van der Waals surface area contributed by atoms with Crippen LogP contribution < -0.4 is 5.73 Å². The Labute approximate surface area is 181 Å². The van der Waals surface area contributed by atoms with Crippen molar-refractivity contribution in [2.75, 3.05) is 5.75 Å². The Morgan fingerprint density at radius 3 is 2.69 bits per heavy atom. The summed E-state index contributed by atoms with van der Waals surface area (Å²) >= 11 is 13.4. The molecule has 2 heterocycles. The van der Waals surface area contributed by atoms with E-state index in [1.54, 1.807) is 41.2 Å². The molecule has 0 saturated carbocycles. The maximum atomic E-state index is 12.3. The monoisotopic (exact) mass is 444 g/mol. The fourth-order valence-electron chi connectivity index (χ4n) is 2.48. The van der Waals surface area contributed by atoms with Crippen LogP contribution in [0.15, 0.2) is 59.2 Å². The SMILES string of the molecule is C/C(N)=C(/C#N)C(=O)CSc1nnc(-c2cccnc2)n1-c1ccc(Cl)c(Cl)c1. The number of hydrogen-bond acceptors (Lipinski definition) is 7. The van der Waals surface area contributed by atoms with Crippen LogP contribution >= 0.6 is 35.0 Å². The summed E-state index contributed by atoms with van der Waals surface area (Å²) in [6, 6.07) is 10.6. The van der Waals surface area contributed by atoms with Crippen molar-refractivity contribution in [3.8, 4) is 23.1 Å². The van der Waals surface area contributed by atoms with Gasteiger partial charge in [-0.3, -0.25) is 14.3 Å². The number of nitrogens with two attached hydrogens (primary N) is 1. The van der Waals surface area contributed by atoms with Crippen LogP contribution in [0, 0.1) is 11.3 Å². The van der Waals surface area contributed by atoms with Crippen LogP contribution in [0.1, 0.15) is 6.92 Å². The molecule has 146 valence electrons. The highest BCUT2D eigenvalue weighted by molar-refractivity contribution is 7.99. The predicted octanol–water partition coefficient (Wildman–Crippen LogP) is 4.05. The van der Waals surface area contributed by atoms with E-state index in [2.05, 4.69) is 15.2 Å². The lowest BCUT2D eigenvalue weighted by molar-refractivity contribution is -0.112. The summed E-state index contributed by atoms with van der Waals surface area (Å²) in [5.74, 6) is 0.116. The number of Topliss-reactive ketones (excluding diaryl/α,β-unsaturated/α-hetero) is 1. The molecule has 3 rings (SSSR count). The minimum Gasteiger partial charge on any atom is -0.401 e. The van der Waals surface area contributed by atoms with E-state index in [4.69, 9.17) is 34.2 Å². The lowest BCUT2D eigenvalue weighted by Crippen LogP contribution is -2.11. The zero-order valence-corrected chi connectivity index (χ0v) is 17.5. The third kappa shape index (κ3) is 4.59. The van der Waals surface area contributed by atoms with Gasteiger partial charge in [-0.05, 0) is 37.3 Å². The maximum Gasteiger partial charge on any atom is 0.196 e. The number of carbonyl (C=O) groups is 1. The zero-order chi connectivity index (χ0) is 21.0. The average molecular weight is 445 g/mol.